The summed E-state index contributed by atoms with van der Waals surface area (Å²) in [6.45, 7) is 6.16. The predicted octanol–water partition coefficient (Wildman–Crippen LogP) is 2.00. The molecule has 1 heterocycles. The molecular weight excluding hydrogens is 172 g/mol. The molecule has 2 nitrogen and oxygen atoms in total. The molecule has 2 rings (SSSR count). The van der Waals surface area contributed by atoms with E-state index in [0.29, 0.717) is 0 Å². The Morgan fingerprint density at radius 3 is 2.57 bits per heavy atom. The summed E-state index contributed by atoms with van der Waals surface area (Å²) in [6.07, 6.45) is 8.52. The third-order valence-corrected chi connectivity index (χ3v) is 3.88. The third-order valence-electron chi connectivity index (χ3n) is 3.88. The van der Waals surface area contributed by atoms with Crippen molar-refractivity contribution in [3.8, 4) is 0 Å². The summed E-state index contributed by atoms with van der Waals surface area (Å²) in [5, 5.41) is 3.69. The molecular formula is C12H24N2. The van der Waals surface area contributed by atoms with E-state index in [-0.39, 0.29) is 0 Å². The lowest BCUT2D eigenvalue weighted by molar-refractivity contribution is 0.264. The Hall–Kier alpha value is -0.0800. The van der Waals surface area contributed by atoms with Crippen molar-refractivity contribution >= 4 is 0 Å². The Bertz CT molecular complexity index is 164. The lowest BCUT2D eigenvalue weighted by Crippen LogP contribution is -2.37. The van der Waals surface area contributed by atoms with Crippen LogP contribution in [0.15, 0.2) is 0 Å². The van der Waals surface area contributed by atoms with Crippen molar-refractivity contribution in [3.63, 3.8) is 0 Å². The van der Waals surface area contributed by atoms with Crippen molar-refractivity contribution in [1.29, 1.82) is 0 Å². The average Bonchev–Trinajstić information content (AvgIpc) is 2.78. The zero-order chi connectivity index (χ0) is 9.80. The van der Waals surface area contributed by atoms with E-state index in [1.807, 2.05) is 0 Å². The summed E-state index contributed by atoms with van der Waals surface area (Å²) >= 11 is 0. The number of nitrogens with one attached hydrogen (secondary N) is 1. The van der Waals surface area contributed by atoms with Gasteiger partial charge in [0.05, 0.1) is 0 Å². The maximum absolute atomic E-state index is 3.69. The quantitative estimate of drug-likeness (QED) is 0.740. The van der Waals surface area contributed by atoms with E-state index in [2.05, 4.69) is 17.1 Å². The molecule has 1 aliphatic carbocycles. The molecule has 1 unspecified atom stereocenters. The van der Waals surface area contributed by atoms with Crippen molar-refractivity contribution in [3.05, 3.63) is 0 Å². The normalized spacial score (nSPS) is 30.2. The van der Waals surface area contributed by atoms with Crippen molar-refractivity contribution in [2.45, 2.75) is 57.5 Å². The Kier molecular flexibility index (Phi) is 3.82. The fourth-order valence-electron chi connectivity index (χ4n) is 2.87. The number of rotatable bonds is 4. The second kappa shape index (κ2) is 5.13. The van der Waals surface area contributed by atoms with E-state index in [0.717, 1.165) is 12.1 Å². The Morgan fingerprint density at radius 1 is 1.14 bits per heavy atom. The molecule has 0 amide bonds. The standard InChI is InChI=1S/C12H24N2/c1-11-5-4-9-14(11)10-8-13-12-6-2-3-7-12/h11-13H,2-10H2,1H3. The number of hydrogen-bond donors (Lipinski definition) is 1. The van der Waals surface area contributed by atoms with Crippen LogP contribution >= 0.6 is 0 Å². The topological polar surface area (TPSA) is 15.3 Å². The molecule has 1 atom stereocenters. The molecule has 2 aliphatic rings. The van der Waals surface area contributed by atoms with Crippen LogP contribution in [0.2, 0.25) is 0 Å². The fraction of sp³-hybridized carbons (Fsp3) is 1.00. The first kappa shape index (κ1) is 10.4. The summed E-state index contributed by atoms with van der Waals surface area (Å²) in [6, 6.07) is 1.67. The first-order valence-electron chi connectivity index (χ1n) is 6.33. The van der Waals surface area contributed by atoms with Gasteiger partial charge in [0, 0.05) is 25.2 Å². The van der Waals surface area contributed by atoms with Crippen LogP contribution in [0.4, 0.5) is 0 Å². The minimum Gasteiger partial charge on any atom is -0.313 e. The van der Waals surface area contributed by atoms with Gasteiger partial charge in [-0.3, -0.25) is 4.90 Å². The molecule has 0 bridgehead atoms. The maximum atomic E-state index is 3.69. The van der Waals surface area contributed by atoms with Crippen LogP contribution in [0.25, 0.3) is 0 Å². The van der Waals surface area contributed by atoms with Gasteiger partial charge >= 0.3 is 0 Å². The van der Waals surface area contributed by atoms with Crippen LogP contribution in [0.3, 0.4) is 0 Å². The predicted molar refractivity (Wildman–Crippen MR) is 60.5 cm³/mol. The molecule has 0 aromatic carbocycles. The summed E-state index contributed by atoms with van der Waals surface area (Å²) in [7, 11) is 0. The van der Waals surface area contributed by atoms with Gasteiger partial charge in [0.15, 0.2) is 0 Å². The van der Waals surface area contributed by atoms with Gasteiger partial charge in [0.1, 0.15) is 0 Å². The smallest absolute Gasteiger partial charge is 0.0110 e. The molecule has 14 heavy (non-hydrogen) atoms. The molecule has 0 spiro atoms. The molecule has 0 aromatic rings. The van der Waals surface area contributed by atoms with E-state index in [4.69, 9.17) is 0 Å². The molecule has 0 radical (unpaired) electrons. The third kappa shape index (κ3) is 2.71. The van der Waals surface area contributed by atoms with Gasteiger partial charge in [-0.1, -0.05) is 12.8 Å². The highest BCUT2D eigenvalue weighted by atomic mass is 15.2. The summed E-state index contributed by atoms with van der Waals surface area (Å²) < 4.78 is 0. The SMILES string of the molecule is CC1CCCN1CCNC1CCCC1. The van der Waals surface area contributed by atoms with E-state index in [1.54, 1.807) is 0 Å². The second-order valence-corrected chi connectivity index (χ2v) is 4.96. The van der Waals surface area contributed by atoms with E-state index < -0.39 is 0 Å². The highest BCUT2D eigenvalue weighted by molar-refractivity contribution is 4.78. The molecule has 2 heteroatoms. The van der Waals surface area contributed by atoms with Crippen molar-refractivity contribution < 1.29 is 0 Å². The highest BCUT2D eigenvalue weighted by Crippen LogP contribution is 2.18. The van der Waals surface area contributed by atoms with Crippen LogP contribution in [0.1, 0.15) is 45.4 Å². The molecule has 2 fully saturated rings. The highest BCUT2D eigenvalue weighted by Gasteiger charge is 2.20. The number of likely N-dealkylation sites (tertiary alicyclic amines) is 1. The Balaban J connectivity index is 1.57. The fourth-order valence-corrected chi connectivity index (χ4v) is 2.87. The van der Waals surface area contributed by atoms with E-state index in [9.17, 15) is 0 Å². The zero-order valence-corrected chi connectivity index (χ0v) is 9.47. The van der Waals surface area contributed by atoms with E-state index >= 15 is 0 Å². The van der Waals surface area contributed by atoms with Gasteiger partial charge in [0.25, 0.3) is 0 Å². The summed E-state index contributed by atoms with van der Waals surface area (Å²) in [5.41, 5.74) is 0. The molecule has 0 aromatic heterocycles. The molecule has 1 aliphatic heterocycles. The average molecular weight is 196 g/mol. The Labute approximate surface area is 88.1 Å². The minimum absolute atomic E-state index is 0.834. The second-order valence-electron chi connectivity index (χ2n) is 4.96. The lowest BCUT2D eigenvalue weighted by Gasteiger charge is -2.22. The van der Waals surface area contributed by atoms with Crippen LogP contribution in [-0.2, 0) is 0 Å². The van der Waals surface area contributed by atoms with Gasteiger partial charge in [-0.15, -0.1) is 0 Å². The van der Waals surface area contributed by atoms with Crippen molar-refractivity contribution in [2.24, 2.45) is 0 Å². The monoisotopic (exact) mass is 196 g/mol. The van der Waals surface area contributed by atoms with Gasteiger partial charge < -0.3 is 5.32 Å². The number of hydrogen-bond acceptors (Lipinski definition) is 2. The molecule has 1 saturated heterocycles. The zero-order valence-electron chi connectivity index (χ0n) is 9.47. The lowest BCUT2D eigenvalue weighted by atomic mass is 10.2. The first-order valence-corrected chi connectivity index (χ1v) is 6.33. The van der Waals surface area contributed by atoms with Gasteiger partial charge in [-0.05, 0) is 39.2 Å². The van der Waals surface area contributed by atoms with Crippen molar-refractivity contribution in [1.82, 2.24) is 10.2 Å². The maximum Gasteiger partial charge on any atom is 0.0110 e. The summed E-state index contributed by atoms with van der Waals surface area (Å²) in [4.78, 5) is 2.63. The Morgan fingerprint density at radius 2 is 1.93 bits per heavy atom. The molecule has 1 N–H and O–H groups in total. The first-order chi connectivity index (χ1) is 6.86. The number of nitrogens with zero attached hydrogens (tertiary/aromatic N) is 1. The van der Waals surface area contributed by atoms with Gasteiger partial charge in [-0.25, -0.2) is 0 Å². The van der Waals surface area contributed by atoms with Crippen LogP contribution in [-0.4, -0.2) is 36.6 Å². The van der Waals surface area contributed by atoms with Crippen molar-refractivity contribution in [2.75, 3.05) is 19.6 Å². The minimum atomic E-state index is 0.834. The molecule has 1 saturated carbocycles. The largest absolute Gasteiger partial charge is 0.313 e. The van der Waals surface area contributed by atoms with E-state index in [1.165, 1.54) is 58.2 Å². The van der Waals surface area contributed by atoms with Crippen LogP contribution < -0.4 is 5.32 Å². The molecule has 82 valence electrons. The summed E-state index contributed by atoms with van der Waals surface area (Å²) in [5.74, 6) is 0. The van der Waals surface area contributed by atoms with Gasteiger partial charge in [-0.2, -0.15) is 0 Å². The van der Waals surface area contributed by atoms with Crippen LogP contribution in [0.5, 0.6) is 0 Å². The van der Waals surface area contributed by atoms with Crippen LogP contribution in [0, 0.1) is 0 Å². The van der Waals surface area contributed by atoms with Gasteiger partial charge in [0.2, 0.25) is 0 Å².